The molecule has 4 rings (SSSR count). The van der Waals surface area contributed by atoms with Crippen LogP contribution in [0.25, 0.3) is 22.5 Å². The van der Waals surface area contributed by atoms with Crippen molar-refractivity contribution >= 4 is 5.97 Å². The van der Waals surface area contributed by atoms with Crippen LogP contribution in [0.1, 0.15) is 54.0 Å². The number of tetrazole rings is 1. The number of aromatic nitrogens is 6. The van der Waals surface area contributed by atoms with Crippen LogP contribution in [0.15, 0.2) is 48.5 Å². The minimum atomic E-state index is -0.324. The summed E-state index contributed by atoms with van der Waals surface area (Å²) in [5.41, 5.74) is 6.40. The molecule has 4 aromatic rings. The molecule has 0 saturated carbocycles. The molecule has 8 nitrogen and oxygen atoms in total. The van der Waals surface area contributed by atoms with Crippen LogP contribution >= 0.6 is 0 Å². The number of H-pyrrole nitrogens is 1. The highest BCUT2D eigenvalue weighted by Gasteiger charge is 2.23. The first-order valence-electron chi connectivity index (χ1n) is 11.2. The Morgan fingerprint density at radius 3 is 2.45 bits per heavy atom. The Bertz CT molecular complexity index is 1210. The topological polar surface area (TPSA) is 98.6 Å². The summed E-state index contributed by atoms with van der Waals surface area (Å²) in [7, 11) is 1.42. The minimum Gasteiger partial charge on any atom is -0.465 e. The summed E-state index contributed by atoms with van der Waals surface area (Å²) in [6.45, 7) is 4.95. The molecule has 0 amide bonds. The number of benzene rings is 2. The van der Waals surface area contributed by atoms with Gasteiger partial charge in [0.2, 0.25) is 5.82 Å². The number of ether oxygens (including phenoxy) is 1. The van der Waals surface area contributed by atoms with Crippen molar-refractivity contribution in [3.05, 3.63) is 71.0 Å². The van der Waals surface area contributed by atoms with Gasteiger partial charge in [-0.1, -0.05) is 68.8 Å². The molecule has 8 heteroatoms. The number of hydrogen-bond donors (Lipinski definition) is 1. The largest absolute Gasteiger partial charge is 0.465 e. The smallest absolute Gasteiger partial charge is 0.341 e. The van der Waals surface area contributed by atoms with Crippen LogP contribution < -0.4 is 0 Å². The van der Waals surface area contributed by atoms with Crippen molar-refractivity contribution in [2.75, 3.05) is 7.11 Å². The van der Waals surface area contributed by atoms with Crippen LogP contribution in [-0.2, 0) is 24.1 Å². The van der Waals surface area contributed by atoms with Crippen LogP contribution in [0.5, 0.6) is 0 Å². The van der Waals surface area contributed by atoms with E-state index in [2.05, 4.69) is 51.8 Å². The average molecular weight is 445 g/mol. The number of carbonyl (C=O) groups is 1. The lowest BCUT2D eigenvalue weighted by Gasteiger charge is -2.11. The molecule has 0 radical (unpaired) electrons. The third-order valence-corrected chi connectivity index (χ3v) is 5.73. The molecule has 0 bridgehead atoms. The predicted octanol–water partition coefficient (Wildman–Crippen LogP) is 4.47. The molecule has 2 aromatic carbocycles. The second-order valence-corrected chi connectivity index (χ2v) is 7.84. The minimum absolute atomic E-state index is 0.324. The van der Waals surface area contributed by atoms with Crippen LogP contribution in [0.4, 0.5) is 0 Å². The summed E-state index contributed by atoms with van der Waals surface area (Å²) >= 11 is 0. The zero-order chi connectivity index (χ0) is 23.2. The quantitative estimate of drug-likeness (QED) is 0.383. The van der Waals surface area contributed by atoms with E-state index in [1.807, 2.05) is 35.9 Å². The average Bonchev–Trinajstić information content (AvgIpc) is 3.51. The van der Waals surface area contributed by atoms with Gasteiger partial charge in [-0.2, -0.15) is 10.3 Å². The molecule has 0 unspecified atom stereocenters. The van der Waals surface area contributed by atoms with Crippen molar-refractivity contribution in [2.24, 2.45) is 0 Å². The Kier molecular flexibility index (Phi) is 6.92. The second kappa shape index (κ2) is 10.2. The number of aryl methyl sites for hydroxylation is 2. The molecule has 2 heterocycles. The number of aromatic amines is 1. The molecule has 1 N–H and O–H groups in total. The number of methoxy groups -OCH3 is 1. The molecule has 33 heavy (non-hydrogen) atoms. The van der Waals surface area contributed by atoms with Gasteiger partial charge < -0.3 is 4.74 Å². The number of carbonyl (C=O) groups excluding carboxylic acids is 1. The lowest BCUT2D eigenvalue weighted by molar-refractivity contribution is 0.0598. The third-order valence-electron chi connectivity index (χ3n) is 5.73. The van der Waals surface area contributed by atoms with Crippen molar-refractivity contribution in [2.45, 2.75) is 46.1 Å². The van der Waals surface area contributed by atoms with Gasteiger partial charge in [-0.15, -0.1) is 10.2 Å². The molecular formula is C25H28N6O2. The molecule has 0 atom stereocenters. The summed E-state index contributed by atoms with van der Waals surface area (Å²) < 4.78 is 7.07. The van der Waals surface area contributed by atoms with E-state index in [-0.39, 0.29) is 5.97 Å². The molecule has 0 fully saturated rings. The van der Waals surface area contributed by atoms with E-state index in [4.69, 9.17) is 9.84 Å². The van der Waals surface area contributed by atoms with Crippen LogP contribution in [0.2, 0.25) is 0 Å². The summed E-state index contributed by atoms with van der Waals surface area (Å²) in [4.78, 5) is 12.6. The molecule has 0 aliphatic carbocycles. The van der Waals surface area contributed by atoms with E-state index in [9.17, 15) is 4.79 Å². The first kappa shape index (κ1) is 22.4. The van der Waals surface area contributed by atoms with Crippen LogP contribution in [0.3, 0.4) is 0 Å². The van der Waals surface area contributed by atoms with Gasteiger partial charge >= 0.3 is 5.97 Å². The van der Waals surface area contributed by atoms with Gasteiger partial charge in [0.1, 0.15) is 5.56 Å². The van der Waals surface area contributed by atoms with E-state index in [1.54, 1.807) is 0 Å². The number of hydrogen-bond acceptors (Lipinski definition) is 6. The van der Waals surface area contributed by atoms with Crippen molar-refractivity contribution in [3.63, 3.8) is 0 Å². The number of nitrogens with one attached hydrogen (secondary N) is 1. The number of rotatable bonds is 9. The molecule has 0 aliphatic heterocycles. The second-order valence-electron chi connectivity index (χ2n) is 7.84. The fraction of sp³-hybridized carbons (Fsp3) is 0.320. The lowest BCUT2D eigenvalue weighted by atomic mass is 9.97. The molecule has 2 aromatic heterocycles. The maximum Gasteiger partial charge on any atom is 0.341 e. The third kappa shape index (κ3) is 4.69. The van der Waals surface area contributed by atoms with Crippen molar-refractivity contribution in [1.82, 2.24) is 30.4 Å². The van der Waals surface area contributed by atoms with Crippen molar-refractivity contribution < 1.29 is 9.53 Å². The normalized spacial score (nSPS) is 11.0. The van der Waals surface area contributed by atoms with E-state index >= 15 is 0 Å². The van der Waals surface area contributed by atoms with Gasteiger partial charge in [-0.3, -0.25) is 4.68 Å². The Morgan fingerprint density at radius 2 is 1.82 bits per heavy atom. The monoisotopic (exact) mass is 444 g/mol. The fourth-order valence-corrected chi connectivity index (χ4v) is 4.01. The standard InChI is InChI=1S/C25H28N6O2/c1-4-6-15-31-22(23(25(32)33-3)21(5-2)28-31)16-17-11-13-18(14-12-17)19-9-7-8-10-20(19)24-26-29-30-27-24/h7-14H,4-6,15-16H2,1-3H3,(H,26,27,29,30). The molecular weight excluding hydrogens is 416 g/mol. The maximum atomic E-state index is 12.6. The summed E-state index contributed by atoms with van der Waals surface area (Å²) in [6, 6.07) is 16.3. The van der Waals surface area contributed by atoms with Crippen molar-refractivity contribution in [3.8, 4) is 22.5 Å². The zero-order valence-corrected chi connectivity index (χ0v) is 19.2. The highest BCUT2D eigenvalue weighted by Crippen LogP contribution is 2.30. The molecule has 0 aliphatic rings. The van der Waals surface area contributed by atoms with Gasteiger partial charge in [-0.25, -0.2) is 4.79 Å². The van der Waals surface area contributed by atoms with E-state index in [0.29, 0.717) is 24.2 Å². The summed E-state index contributed by atoms with van der Waals surface area (Å²) in [6.07, 6.45) is 3.35. The summed E-state index contributed by atoms with van der Waals surface area (Å²) in [5.74, 6) is 0.236. The maximum absolute atomic E-state index is 12.6. The van der Waals surface area contributed by atoms with Gasteiger partial charge in [0.15, 0.2) is 0 Å². The molecule has 0 spiro atoms. The Hall–Kier alpha value is -3.81. The Balaban J connectivity index is 1.67. The first-order valence-corrected chi connectivity index (χ1v) is 11.2. The van der Waals surface area contributed by atoms with Crippen LogP contribution in [0, 0.1) is 0 Å². The highest BCUT2D eigenvalue weighted by molar-refractivity contribution is 5.92. The number of unbranched alkanes of at least 4 members (excludes halogenated alkanes) is 1. The van der Waals surface area contributed by atoms with Gasteiger partial charge in [0.05, 0.1) is 18.5 Å². The van der Waals surface area contributed by atoms with E-state index in [0.717, 1.165) is 53.0 Å². The predicted molar refractivity (Wildman–Crippen MR) is 126 cm³/mol. The number of nitrogens with zero attached hydrogens (tertiary/aromatic N) is 5. The zero-order valence-electron chi connectivity index (χ0n) is 19.2. The summed E-state index contributed by atoms with van der Waals surface area (Å²) in [5, 5.41) is 19.2. The SMILES string of the molecule is CCCCn1nc(CC)c(C(=O)OC)c1Cc1ccc(-c2ccccc2-c2nn[nH]n2)cc1. The van der Waals surface area contributed by atoms with Gasteiger partial charge in [-0.05, 0) is 34.7 Å². The first-order chi connectivity index (χ1) is 16.2. The van der Waals surface area contributed by atoms with Gasteiger partial charge in [0.25, 0.3) is 0 Å². The van der Waals surface area contributed by atoms with E-state index in [1.165, 1.54) is 7.11 Å². The highest BCUT2D eigenvalue weighted by atomic mass is 16.5. The van der Waals surface area contributed by atoms with Crippen molar-refractivity contribution in [1.29, 1.82) is 0 Å². The lowest BCUT2D eigenvalue weighted by Crippen LogP contribution is -2.11. The van der Waals surface area contributed by atoms with E-state index < -0.39 is 0 Å². The molecule has 170 valence electrons. The number of esters is 1. The Labute approximate surface area is 193 Å². The van der Waals surface area contributed by atoms with Crippen LogP contribution in [-0.4, -0.2) is 43.5 Å². The Morgan fingerprint density at radius 1 is 1.06 bits per heavy atom. The molecule has 0 saturated heterocycles. The fourth-order valence-electron chi connectivity index (χ4n) is 4.01. The van der Waals surface area contributed by atoms with Gasteiger partial charge in [0, 0.05) is 18.5 Å².